The topological polar surface area (TPSA) is 64.0 Å². The van der Waals surface area contributed by atoms with Crippen molar-refractivity contribution in [1.29, 1.82) is 0 Å². The van der Waals surface area contributed by atoms with Gasteiger partial charge in [0.1, 0.15) is 11.4 Å². The molecule has 126 valence electrons. The molecule has 0 bridgehead atoms. The lowest BCUT2D eigenvalue weighted by Crippen LogP contribution is -2.34. The van der Waals surface area contributed by atoms with Crippen LogP contribution < -0.4 is 10.9 Å². The van der Waals surface area contributed by atoms with Gasteiger partial charge in [-0.15, -0.1) is 22.7 Å². The Bertz CT molecular complexity index is 896. The second kappa shape index (κ2) is 7.27. The minimum absolute atomic E-state index is 0.00159. The molecule has 0 aliphatic carbocycles. The van der Waals surface area contributed by atoms with Gasteiger partial charge in [0.15, 0.2) is 0 Å². The van der Waals surface area contributed by atoms with Crippen molar-refractivity contribution in [1.82, 2.24) is 14.9 Å². The quantitative estimate of drug-likeness (QED) is 0.731. The van der Waals surface area contributed by atoms with Crippen LogP contribution in [0.1, 0.15) is 35.6 Å². The van der Waals surface area contributed by atoms with Crippen molar-refractivity contribution in [3.8, 4) is 0 Å². The van der Waals surface area contributed by atoms with Crippen molar-refractivity contribution in [2.45, 2.75) is 39.3 Å². The average Bonchev–Trinajstić information content (AvgIpc) is 3.19. The van der Waals surface area contributed by atoms with Gasteiger partial charge in [-0.25, -0.2) is 4.98 Å². The first kappa shape index (κ1) is 16.9. The Morgan fingerprint density at radius 2 is 2.29 bits per heavy atom. The molecule has 0 unspecified atom stereocenters. The second-order valence-corrected chi connectivity index (χ2v) is 7.89. The summed E-state index contributed by atoms with van der Waals surface area (Å²) in [6.45, 7) is 4.02. The van der Waals surface area contributed by atoms with E-state index in [1.165, 1.54) is 22.2 Å². The normalized spacial score (nSPS) is 12.4. The predicted octanol–water partition coefficient (Wildman–Crippen LogP) is 3.49. The molecule has 3 aromatic rings. The van der Waals surface area contributed by atoms with E-state index in [1.54, 1.807) is 11.3 Å². The van der Waals surface area contributed by atoms with Gasteiger partial charge < -0.3 is 5.32 Å². The Kier molecular flexibility index (Phi) is 5.11. The van der Waals surface area contributed by atoms with Gasteiger partial charge in [0, 0.05) is 9.75 Å². The molecule has 3 aromatic heterocycles. The van der Waals surface area contributed by atoms with Crippen LogP contribution in [0.4, 0.5) is 0 Å². The van der Waals surface area contributed by atoms with Gasteiger partial charge >= 0.3 is 0 Å². The number of carbonyl (C=O) groups excluding carboxylic acids is 1. The zero-order valence-corrected chi connectivity index (χ0v) is 15.2. The van der Waals surface area contributed by atoms with E-state index in [9.17, 15) is 9.59 Å². The number of fused-ring (bicyclic) bond motifs is 1. The molecule has 5 nitrogen and oxygen atoms in total. The number of carbonyl (C=O) groups is 1. The number of aromatic nitrogens is 2. The van der Waals surface area contributed by atoms with Crippen LogP contribution in [0.15, 0.2) is 34.7 Å². The summed E-state index contributed by atoms with van der Waals surface area (Å²) in [7, 11) is 0. The Hall–Kier alpha value is -1.99. The van der Waals surface area contributed by atoms with Gasteiger partial charge in [-0.2, -0.15) is 0 Å². The highest BCUT2D eigenvalue weighted by Gasteiger charge is 2.16. The van der Waals surface area contributed by atoms with Gasteiger partial charge in [0.05, 0.1) is 17.8 Å². The average molecular weight is 361 g/mol. The van der Waals surface area contributed by atoms with E-state index in [2.05, 4.69) is 17.2 Å². The van der Waals surface area contributed by atoms with Crippen molar-refractivity contribution in [2.24, 2.45) is 0 Å². The van der Waals surface area contributed by atoms with E-state index in [4.69, 9.17) is 0 Å². The summed E-state index contributed by atoms with van der Waals surface area (Å²) in [4.78, 5) is 32.0. The van der Waals surface area contributed by atoms with Crippen molar-refractivity contribution in [3.05, 3.63) is 50.0 Å². The fraction of sp³-hybridized carbons (Fsp3) is 0.353. The first-order valence-corrected chi connectivity index (χ1v) is 9.56. The number of aryl methyl sites for hydroxylation is 1. The number of thiophene rings is 2. The number of hydrogen-bond acceptors (Lipinski definition) is 5. The molecule has 0 fully saturated rings. The minimum Gasteiger partial charge on any atom is -0.347 e. The Morgan fingerprint density at radius 3 is 3.00 bits per heavy atom. The molecule has 0 aliphatic rings. The van der Waals surface area contributed by atoms with Crippen LogP contribution >= 0.6 is 22.7 Å². The molecule has 0 spiro atoms. The van der Waals surface area contributed by atoms with Crippen LogP contribution in [0, 0.1) is 6.92 Å². The molecule has 0 saturated heterocycles. The number of nitrogens with one attached hydrogen (secondary N) is 1. The molecule has 0 saturated carbocycles. The monoisotopic (exact) mass is 361 g/mol. The molecule has 1 N–H and O–H groups in total. The summed E-state index contributed by atoms with van der Waals surface area (Å²) in [6.07, 6.45) is 3.31. The molecular formula is C17H19N3O2S2. The summed E-state index contributed by atoms with van der Waals surface area (Å²) in [6, 6.07) is 5.84. The lowest BCUT2D eigenvalue weighted by atomic mass is 10.1. The van der Waals surface area contributed by atoms with Crippen molar-refractivity contribution in [2.75, 3.05) is 0 Å². The minimum atomic E-state index is -0.169. The van der Waals surface area contributed by atoms with Crippen LogP contribution in [-0.2, 0) is 11.3 Å². The molecular weight excluding hydrogens is 342 g/mol. The van der Waals surface area contributed by atoms with E-state index in [-0.39, 0.29) is 24.1 Å². The molecule has 1 atom stereocenters. The first-order valence-electron chi connectivity index (χ1n) is 7.87. The number of rotatable bonds is 6. The number of hydrogen-bond donors (Lipinski definition) is 1. The standard InChI is InChI=1S/C17H19N3O2S2/c1-3-5-13(14-6-4-7-23-14)19-15(21)9-20-10-18-16-12(17(20)22)8-11(2)24-16/h4,6-8,10,13H,3,5,9H2,1-2H3,(H,19,21)/t13-/m0/s1. The maximum absolute atomic E-state index is 12.5. The van der Waals surface area contributed by atoms with Crippen LogP contribution in [-0.4, -0.2) is 15.5 Å². The SMILES string of the molecule is CCC[C@H](NC(=O)Cn1cnc2sc(C)cc2c1=O)c1cccs1. The van der Waals surface area contributed by atoms with E-state index < -0.39 is 0 Å². The van der Waals surface area contributed by atoms with E-state index in [1.807, 2.05) is 30.5 Å². The van der Waals surface area contributed by atoms with Gasteiger partial charge in [0.2, 0.25) is 5.91 Å². The zero-order valence-electron chi connectivity index (χ0n) is 13.6. The van der Waals surface area contributed by atoms with Crippen LogP contribution in [0.3, 0.4) is 0 Å². The van der Waals surface area contributed by atoms with Gasteiger partial charge in [-0.3, -0.25) is 14.2 Å². The van der Waals surface area contributed by atoms with Crippen molar-refractivity contribution >= 4 is 38.8 Å². The summed E-state index contributed by atoms with van der Waals surface area (Å²) in [5.74, 6) is -0.169. The maximum Gasteiger partial charge on any atom is 0.262 e. The fourth-order valence-corrected chi connectivity index (χ4v) is 4.30. The van der Waals surface area contributed by atoms with Gasteiger partial charge in [-0.1, -0.05) is 19.4 Å². The van der Waals surface area contributed by atoms with E-state index in [0.29, 0.717) is 5.39 Å². The Balaban J connectivity index is 1.76. The lowest BCUT2D eigenvalue weighted by Gasteiger charge is -2.17. The van der Waals surface area contributed by atoms with E-state index >= 15 is 0 Å². The van der Waals surface area contributed by atoms with Crippen LogP contribution in [0.5, 0.6) is 0 Å². The molecule has 0 aromatic carbocycles. The van der Waals surface area contributed by atoms with Crippen molar-refractivity contribution < 1.29 is 4.79 Å². The zero-order chi connectivity index (χ0) is 17.1. The summed E-state index contributed by atoms with van der Waals surface area (Å²) in [5, 5.41) is 5.62. The third-order valence-electron chi connectivity index (χ3n) is 3.75. The predicted molar refractivity (Wildman–Crippen MR) is 98.7 cm³/mol. The number of amides is 1. The van der Waals surface area contributed by atoms with Gasteiger partial charge in [-0.05, 0) is 30.9 Å². The van der Waals surface area contributed by atoms with Crippen LogP contribution in [0.25, 0.3) is 10.2 Å². The Morgan fingerprint density at radius 1 is 1.46 bits per heavy atom. The second-order valence-electron chi connectivity index (χ2n) is 5.68. The first-order chi connectivity index (χ1) is 11.6. The fourth-order valence-electron chi connectivity index (χ4n) is 2.65. The van der Waals surface area contributed by atoms with Gasteiger partial charge in [0.25, 0.3) is 5.56 Å². The Labute approximate surface area is 148 Å². The molecule has 3 rings (SSSR count). The van der Waals surface area contributed by atoms with Crippen molar-refractivity contribution in [3.63, 3.8) is 0 Å². The molecule has 1 amide bonds. The summed E-state index contributed by atoms with van der Waals surface area (Å²) >= 11 is 3.12. The lowest BCUT2D eigenvalue weighted by molar-refractivity contribution is -0.122. The third kappa shape index (κ3) is 3.57. The highest BCUT2D eigenvalue weighted by atomic mass is 32.1. The highest BCUT2D eigenvalue weighted by Crippen LogP contribution is 2.23. The molecule has 7 heteroatoms. The maximum atomic E-state index is 12.5. The van der Waals surface area contributed by atoms with Crippen LogP contribution in [0.2, 0.25) is 0 Å². The number of nitrogens with zero attached hydrogens (tertiary/aromatic N) is 2. The highest BCUT2D eigenvalue weighted by molar-refractivity contribution is 7.18. The molecule has 24 heavy (non-hydrogen) atoms. The molecule has 3 heterocycles. The smallest absolute Gasteiger partial charge is 0.262 e. The largest absolute Gasteiger partial charge is 0.347 e. The summed E-state index contributed by atoms with van der Waals surface area (Å²) < 4.78 is 1.38. The van der Waals surface area contributed by atoms with E-state index in [0.717, 1.165) is 27.4 Å². The third-order valence-corrected chi connectivity index (χ3v) is 5.70. The molecule has 0 radical (unpaired) electrons. The summed E-state index contributed by atoms with van der Waals surface area (Å²) in [5.41, 5.74) is -0.164. The molecule has 0 aliphatic heterocycles.